The molecule has 0 aromatic heterocycles. The van der Waals surface area contributed by atoms with Crippen LogP contribution in [0.15, 0.2) is 24.3 Å². The number of carbonyl (C=O) groups is 1. The summed E-state index contributed by atoms with van der Waals surface area (Å²) in [6.45, 7) is 4.37. The molecule has 0 bridgehead atoms. The van der Waals surface area contributed by atoms with Crippen molar-refractivity contribution < 1.29 is 4.79 Å². The van der Waals surface area contributed by atoms with Gasteiger partial charge in [-0.2, -0.15) is 0 Å². The van der Waals surface area contributed by atoms with Gasteiger partial charge in [-0.1, -0.05) is 12.1 Å². The molecule has 18 heavy (non-hydrogen) atoms. The van der Waals surface area contributed by atoms with Gasteiger partial charge in [0.1, 0.15) is 0 Å². The van der Waals surface area contributed by atoms with Crippen molar-refractivity contribution in [3.05, 3.63) is 35.4 Å². The monoisotopic (exact) mass is 246 g/mol. The second-order valence-corrected chi connectivity index (χ2v) is 5.03. The van der Waals surface area contributed by atoms with E-state index in [1.54, 1.807) is 0 Å². The minimum atomic E-state index is 0.156. The Labute approximate surface area is 109 Å². The number of hydrogen-bond acceptors (Lipinski definition) is 2. The molecule has 3 heteroatoms. The SMILES string of the molecule is CCN(CC1CC1)C(=O)c1cccc(CCN)c1. The molecule has 0 atom stereocenters. The smallest absolute Gasteiger partial charge is 0.253 e. The van der Waals surface area contributed by atoms with Crippen LogP contribution in [-0.4, -0.2) is 30.4 Å². The molecule has 98 valence electrons. The first-order valence-electron chi connectivity index (χ1n) is 6.83. The molecule has 2 N–H and O–H groups in total. The first-order chi connectivity index (χ1) is 8.74. The van der Waals surface area contributed by atoms with Crippen molar-refractivity contribution in [1.29, 1.82) is 0 Å². The van der Waals surface area contributed by atoms with Crippen molar-refractivity contribution in [1.82, 2.24) is 4.90 Å². The number of benzene rings is 1. The molecule has 0 aliphatic heterocycles. The van der Waals surface area contributed by atoms with Crippen LogP contribution in [0.4, 0.5) is 0 Å². The Balaban J connectivity index is 2.07. The highest BCUT2D eigenvalue weighted by Gasteiger charge is 2.26. The fourth-order valence-corrected chi connectivity index (χ4v) is 2.18. The maximum absolute atomic E-state index is 12.4. The second kappa shape index (κ2) is 6.01. The molecule has 1 amide bonds. The summed E-state index contributed by atoms with van der Waals surface area (Å²) >= 11 is 0. The van der Waals surface area contributed by atoms with Crippen LogP contribution in [-0.2, 0) is 6.42 Å². The Morgan fingerprint density at radius 1 is 1.44 bits per heavy atom. The second-order valence-electron chi connectivity index (χ2n) is 5.03. The number of nitrogens with two attached hydrogens (primary N) is 1. The van der Waals surface area contributed by atoms with Gasteiger partial charge in [-0.3, -0.25) is 4.79 Å². The molecule has 1 saturated carbocycles. The topological polar surface area (TPSA) is 46.3 Å². The summed E-state index contributed by atoms with van der Waals surface area (Å²) in [5, 5.41) is 0. The van der Waals surface area contributed by atoms with E-state index in [4.69, 9.17) is 5.73 Å². The fraction of sp³-hybridized carbons (Fsp3) is 0.533. The Hall–Kier alpha value is -1.35. The summed E-state index contributed by atoms with van der Waals surface area (Å²) in [4.78, 5) is 14.3. The minimum Gasteiger partial charge on any atom is -0.339 e. The van der Waals surface area contributed by atoms with Crippen molar-refractivity contribution in [3.63, 3.8) is 0 Å². The first-order valence-corrected chi connectivity index (χ1v) is 6.83. The van der Waals surface area contributed by atoms with Gasteiger partial charge in [-0.15, -0.1) is 0 Å². The molecule has 1 aromatic carbocycles. The third-order valence-electron chi connectivity index (χ3n) is 3.45. The van der Waals surface area contributed by atoms with Crippen LogP contribution in [0, 0.1) is 5.92 Å². The van der Waals surface area contributed by atoms with Crippen LogP contribution in [0.2, 0.25) is 0 Å². The van der Waals surface area contributed by atoms with E-state index in [1.807, 2.05) is 36.1 Å². The van der Waals surface area contributed by atoms with E-state index in [9.17, 15) is 4.79 Å². The summed E-state index contributed by atoms with van der Waals surface area (Å²) in [7, 11) is 0. The zero-order valence-electron chi connectivity index (χ0n) is 11.1. The zero-order valence-corrected chi connectivity index (χ0v) is 11.1. The molecule has 1 aliphatic rings. The molecule has 1 aromatic rings. The van der Waals surface area contributed by atoms with E-state index >= 15 is 0 Å². The molecule has 0 saturated heterocycles. The van der Waals surface area contributed by atoms with E-state index in [0.717, 1.165) is 36.6 Å². The van der Waals surface area contributed by atoms with Crippen LogP contribution in [0.3, 0.4) is 0 Å². The third-order valence-corrected chi connectivity index (χ3v) is 3.45. The Kier molecular flexibility index (Phi) is 4.37. The van der Waals surface area contributed by atoms with Crippen molar-refractivity contribution in [3.8, 4) is 0 Å². The summed E-state index contributed by atoms with van der Waals surface area (Å²) in [5.41, 5.74) is 7.49. The number of amides is 1. The largest absolute Gasteiger partial charge is 0.339 e. The normalized spacial score (nSPS) is 14.6. The third kappa shape index (κ3) is 3.33. The van der Waals surface area contributed by atoms with Gasteiger partial charge in [-0.05, 0) is 56.3 Å². The van der Waals surface area contributed by atoms with Crippen molar-refractivity contribution in [2.75, 3.05) is 19.6 Å². The molecule has 1 aliphatic carbocycles. The Bertz CT molecular complexity index is 413. The molecule has 2 rings (SSSR count). The lowest BCUT2D eigenvalue weighted by Crippen LogP contribution is -2.32. The molecular weight excluding hydrogens is 224 g/mol. The maximum Gasteiger partial charge on any atom is 0.253 e. The van der Waals surface area contributed by atoms with Gasteiger partial charge in [-0.25, -0.2) is 0 Å². The van der Waals surface area contributed by atoms with Crippen LogP contribution < -0.4 is 5.73 Å². The average Bonchev–Trinajstić information content (AvgIpc) is 3.20. The van der Waals surface area contributed by atoms with Crippen molar-refractivity contribution in [2.24, 2.45) is 11.7 Å². The molecule has 0 radical (unpaired) electrons. The lowest BCUT2D eigenvalue weighted by atomic mass is 10.1. The van der Waals surface area contributed by atoms with Crippen LogP contribution in [0.25, 0.3) is 0 Å². The lowest BCUT2D eigenvalue weighted by molar-refractivity contribution is 0.0757. The standard InChI is InChI=1S/C15H22N2O/c1-2-17(11-13-6-7-13)15(18)14-5-3-4-12(10-14)8-9-16/h3-5,10,13H,2,6-9,11,16H2,1H3. The first kappa shape index (κ1) is 13.1. The highest BCUT2D eigenvalue weighted by molar-refractivity contribution is 5.94. The van der Waals surface area contributed by atoms with Gasteiger partial charge in [0.05, 0.1) is 0 Å². The van der Waals surface area contributed by atoms with Gasteiger partial charge in [0.2, 0.25) is 0 Å². The Morgan fingerprint density at radius 2 is 2.22 bits per heavy atom. The molecule has 0 spiro atoms. The number of carbonyl (C=O) groups excluding carboxylic acids is 1. The highest BCUT2D eigenvalue weighted by Crippen LogP contribution is 2.30. The van der Waals surface area contributed by atoms with Crippen molar-refractivity contribution >= 4 is 5.91 Å². The molecule has 0 heterocycles. The van der Waals surface area contributed by atoms with E-state index in [1.165, 1.54) is 12.8 Å². The van der Waals surface area contributed by atoms with E-state index in [2.05, 4.69) is 0 Å². The van der Waals surface area contributed by atoms with Gasteiger partial charge in [0, 0.05) is 18.7 Å². The summed E-state index contributed by atoms with van der Waals surface area (Å²) < 4.78 is 0. The quantitative estimate of drug-likeness (QED) is 0.835. The molecule has 0 unspecified atom stereocenters. The van der Waals surface area contributed by atoms with E-state index in [-0.39, 0.29) is 5.91 Å². The van der Waals surface area contributed by atoms with E-state index < -0.39 is 0 Å². The van der Waals surface area contributed by atoms with Gasteiger partial charge >= 0.3 is 0 Å². The summed E-state index contributed by atoms with van der Waals surface area (Å²) in [6.07, 6.45) is 3.38. The van der Waals surface area contributed by atoms with Gasteiger partial charge in [0.25, 0.3) is 5.91 Å². The summed E-state index contributed by atoms with van der Waals surface area (Å²) in [5.74, 6) is 0.893. The van der Waals surface area contributed by atoms with E-state index in [0.29, 0.717) is 6.54 Å². The number of rotatable bonds is 6. The number of nitrogens with zero attached hydrogens (tertiary/aromatic N) is 1. The Morgan fingerprint density at radius 3 is 2.83 bits per heavy atom. The predicted octanol–water partition coefficient (Wildman–Crippen LogP) is 2.06. The highest BCUT2D eigenvalue weighted by atomic mass is 16.2. The zero-order chi connectivity index (χ0) is 13.0. The number of hydrogen-bond donors (Lipinski definition) is 1. The molecular formula is C15H22N2O. The minimum absolute atomic E-state index is 0.156. The summed E-state index contributed by atoms with van der Waals surface area (Å²) in [6, 6.07) is 7.85. The maximum atomic E-state index is 12.4. The van der Waals surface area contributed by atoms with Crippen LogP contribution in [0.1, 0.15) is 35.7 Å². The van der Waals surface area contributed by atoms with Gasteiger partial charge in [0.15, 0.2) is 0 Å². The predicted molar refractivity (Wildman–Crippen MR) is 73.5 cm³/mol. The fourth-order valence-electron chi connectivity index (χ4n) is 2.18. The van der Waals surface area contributed by atoms with Crippen LogP contribution >= 0.6 is 0 Å². The van der Waals surface area contributed by atoms with Crippen molar-refractivity contribution in [2.45, 2.75) is 26.2 Å². The average molecular weight is 246 g/mol. The van der Waals surface area contributed by atoms with Crippen LogP contribution in [0.5, 0.6) is 0 Å². The molecule has 3 nitrogen and oxygen atoms in total. The molecule has 1 fully saturated rings. The lowest BCUT2D eigenvalue weighted by Gasteiger charge is -2.21. The van der Waals surface area contributed by atoms with Gasteiger partial charge < -0.3 is 10.6 Å².